The molecule has 42 heavy (non-hydrogen) atoms. The van der Waals surface area contributed by atoms with Crippen LogP contribution in [-0.4, -0.2) is 87.9 Å². The Morgan fingerprint density at radius 1 is 1.00 bits per heavy atom. The van der Waals surface area contributed by atoms with E-state index in [2.05, 4.69) is 41.6 Å². The molecule has 2 amide bonds. The van der Waals surface area contributed by atoms with Crippen LogP contribution in [0.3, 0.4) is 0 Å². The van der Waals surface area contributed by atoms with Crippen LogP contribution >= 0.6 is 0 Å². The zero-order chi connectivity index (χ0) is 30.1. The van der Waals surface area contributed by atoms with Gasteiger partial charge in [0, 0.05) is 58.1 Å². The van der Waals surface area contributed by atoms with Crippen molar-refractivity contribution in [1.82, 2.24) is 20.6 Å². The van der Waals surface area contributed by atoms with Crippen LogP contribution in [0.4, 0.5) is 0 Å². The molecule has 0 aromatic rings. The predicted molar refractivity (Wildman–Crippen MR) is 168 cm³/mol. The second kappa shape index (κ2) is 16.7. The third-order valence-corrected chi connectivity index (χ3v) is 11.0. The lowest BCUT2D eigenvalue weighted by Crippen LogP contribution is -2.49. The summed E-state index contributed by atoms with van der Waals surface area (Å²) in [6, 6.07) is 0.197. The van der Waals surface area contributed by atoms with Gasteiger partial charge in [0.05, 0.1) is 12.7 Å². The molecule has 0 aromatic heterocycles. The van der Waals surface area contributed by atoms with Gasteiger partial charge in [-0.2, -0.15) is 5.06 Å². The first-order valence-electron chi connectivity index (χ1n) is 17.4. The number of nitrogens with zero attached hydrogens (tertiary/aromatic N) is 2. The lowest BCUT2D eigenvalue weighted by molar-refractivity contribution is -0.145. The molecule has 4 rings (SSSR count). The number of rotatable bonds is 13. The number of hydrogen-bond acceptors (Lipinski definition) is 6. The zero-order valence-electron chi connectivity index (χ0n) is 27.5. The molecule has 0 spiro atoms. The zero-order valence-corrected chi connectivity index (χ0v) is 27.5. The van der Waals surface area contributed by atoms with E-state index in [1.807, 2.05) is 7.11 Å². The fourth-order valence-electron chi connectivity index (χ4n) is 8.87. The van der Waals surface area contributed by atoms with Crippen molar-refractivity contribution >= 4 is 11.8 Å². The summed E-state index contributed by atoms with van der Waals surface area (Å²) >= 11 is 0. The van der Waals surface area contributed by atoms with Gasteiger partial charge in [-0.3, -0.25) is 14.4 Å². The number of nitrogens with one attached hydrogen (secondary N) is 2. The Kier molecular flexibility index (Phi) is 13.4. The first-order chi connectivity index (χ1) is 20.2. The number of ether oxygens (including phenoxy) is 1. The van der Waals surface area contributed by atoms with Crippen LogP contribution in [0.15, 0.2) is 0 Å². The van der Waals surface area contributed by atoms with Crippen LogP contribution < -0.4 is 10.6 Å². The molecule has 1 heterocycles. The summed E-state index contributed by atoms with van der Waals surface area (Å²) in [5.41, 5.74) is 0. The summed E-state index contributed by atoms with van der Waals surface area (Å²) in [4.78, 5) is 34.1. The van der Waals surface area contributed by atoms with Gasteiger partial charge >= 0.3 is 0 Å². The quantitative estimate of drug-likeness (QED) is 0.318. The predicted octanol–water partition coefficient (Wildman–Crippen LogP) is 4.88. The molecule has 0 aromatic carbocycles. The summed E-state index contributed by atoms with van der Waals surface area (Å²) < 4.78 is 6.30. The highest BCUT2D eigenvalue weighted by molar-refractivity contribution is 5.79. The van der Waals surface area contributed by atoms with Crippen LogP contribution in [0.1, 0.15) is 97.3 Å². The Hall–Kier alpha value is -1.22. The Balaban J connectivity index is 1.44. The van der Waals surface area contributed by atoms with Crippen LogP contribution in [0.25, 0.3) is 0 Å². The molecule has 4 fully saturated rings. The van der Waals surface area contributed by atoms with Crippen molar-refractivity contribution in [1.29, 1.82) is 0 Å². The average molecular weight is 591 g/mol. The number of hydrogen-bond donors (Lipinski definition) is 2. The summed E-state index contributed by atoms with van der Waals surface area (Å²) in [5.74, 6) is 3.22. The first kappa shape index (κ1) is 33.7. The van der Waals surface area contributed by atoms with Crippen LogP contribution in [0.5, 0.6) is 0 Å². The van der Waals surface area contributed by atoms with Crippen molar-refractivity contribution < 1.29 is 19.2 Å². The Bertz CT molecular complexity index is 834. The molecule has 8 atom stereocenters. The van der Waals surface area contributed by atoms with E-state index in [4.69, 9.17) is 9.57 Å². The molecule has 0 bridgehead atoms. The Morgan fingerprint density at radius 3 is 2.45 bits per heavy atom. The minimum atomic E-state index is -0.0105. The highest BCUT2D eigenvalue weighted by Gasteiger charge is 2.44. The molecule has 8 heteroatoms. The first-order valence-corrected chi connectivity index (χ1v) is 17.4. The summed E-state index contributed by atoms with van der Waals surface area (Å²) in [7, 11) is 6.11. The fraction of sp³-hybridized carbons (Fsp3) is 0.941. The molecular weight excluding hydrogens is 528 g/mol. The molecule has 1 saturated heterocycles. The molecule has 8 unspecified atom stereocenters. The van der Waals surface area contributed by atoms with Gasteiger partial charge < -0.3 is 20.3 Å². The van der Waals surface area contributed by atoms with Gasteiger partial charge in [0.15, 0.2) is 0 Å². The summed E-state index contributed by atoms with van der Waals surface area (Å²) in [5, 5.41) is 8.82. The van der Waals surface area contributed by atoms with Gasteiger partial charge in [-0.1, -0.05) is 45.4 Å². The largest absolute Gasteiger partial charge is 0.381 e. The molecule has 242 valence electrons. The van der Waals surface area contributed by atoms with E-state index in [-0.39, 0.29) is 29.9 Å². The van der Waals surface area contributed by atoms with Crippen molar-refractivity contribution in [3.8, 4) is 0 Å². The lowest BCUT2D eigenvalue weighted by Gasteiger charge is -2.46. The van der Waals surface area contributed by atoms with Crippen molar-refractivity contribution in [2.45, 2.75) is 109 Å². The van der Waals surface area contributed by atoms with Gasteiger partial charge in [0.1, 0.15) is 0 Å². The normalized spacial score (nSPS) is 33.9. The maximum atomic E-state index is 14.0. The molecule has 3 aliphatic carbocycles. The molecule has 8 nitrogen and oxygen atoms in total. The molecule has 0 radical (unpaired) electrons. The maximum absolute atomic E-state index is 14.0. The standard InChI is InChI=1S/C34H62N4O4/c1-6-25-20-38(42-23-25)21-28-13-10-14-32(33(28)41-5)29-15-27(19-35-24(2)39)16-30(18-29)34(40)36-31(22-37(3)4)17-26-11-8-7-9-12-26/h25-33H,6-23H2,1-5H3,(H,35,39)(H,36,40). The summed E-state index contributed by atoms with van der Waals surface area (Å²) in [6.45, 7) is 8.19. The van der Waals surface area contributed by atoms with E-state index in [0.717, 1.165) is 70.7 Å². The van der Waals surface area contributed by atoms with Gasteiger partial charge in [-0.05, 0) is 88.6 Å². The minimum Gasteiger partial charge on any atom is -0.381 e. The van der Waals surface area contributed by atoms with Crippen molar-refractivity contribution in [3.63, 3.8) is 0 Å². The highest BCUT2D eigenvalue weighted by Crippen LogP contribution is 2.45. The van der Waals surface area contributed by atoms with Crippen molar-refractivity contribution in [2.75, 3.05) is 54.0 Å². The summed E-state index contributed by atoms with van der Waals surface area (Å²) in [6.07, 6.45) is 15.4. The smallest absolute Gasteiger partial charge is 0.223 e. The monoisotopic (exact) mass is 590 g/mol. The molecule has 4 aliphatic rings. The number of amides is 2. The number of carbonyl (C=O) groups excluding carboxylic acids is 2. The Morgan fingerprint density at radius 2 is 1.79 bits per heavy atom. The Labute approximate surface area is 256 Å². The van der Waals surface area contributed by atoms with Crippen molar-refractivity contribution in [3.05, 3.63) is 0 Å². The van der Waals surface area contributed by atoms with Crippen LogP contribution in [0, 0.1) is 41.4 Å². The second-order valence-corrected chi connectivity index (χ2v) is 14.6. The van der Waals surface area contributed by atoms with Crippen LogP contribution in [0.2, 0.25) is 0 Å². The third-order valence-electron chi connectivity index (χ3n) is 11.0. The van der Waals surface area contributed by atoms with E-state index in [9.17, 15) is 9.59 Å². The van der Waals surface area contributed by atoms with E-state index in [1.165, 1.54) is 44.9 Å². The molecular formula is C34H62N4O4. The van der Waals surface area contributed by atoms with E-state index < -0.39 is 0 Å². The number of hydroxylamine groups is 2. The van der Waals surface area contributed by atoms with E-state index in [0.29, 0.717) is 36.1 Å². The van der Waals surface area contributed by atoms with E-state index in [1.54, 1.807) is 6.92 Å². The number of carbonyl (C=O) groups is 2. The highest BCUT2D eigenvalue weighted by atomic mass is 16.7. The molecule has 2 N–H and O–H groups in total. The topological polar surface area (TPSA) is 83.1 Å². The lowest BCUT2D eigenvalue weighted by atomic mass is 9.64. The van der Waals surface area contributed by atoms with Gasteiger partial charge in [0.25, 0.3) is 0 Å². The minimum absolute atomic E-state index is 0.0105. The van der Waals surface area contributed by atoms with Gasteiger partial charge in [0.2, 0.25) is 11.8 Å². The van der Waals surface area contributed by atoms with Crippen molar-refractivity contribution in [2.24, 2.45) is 41.4 Å². The molecule has 3 saturated carbocycles. The van der Waals surface area contributed by atoms with Gasteiger partial charge in [-0.15, -0.1) is 0 Å². The van der Waals surface area contributed by atoms with Crippen LogP contribution in [-0.2, 0) is 19.2 Å². The maximum Gasteiger partial charge on any atom is 0.223 e. The average Bonchev–Trinajstić information content (AvgIpc) is 3.43. The fourth-order valence-corrected chi connectivity index (χ4v) is 8.87. The molecule has 1 aliphatic heterocycles. The van der Waals surface area contributed by atoms with Gasteiger partial charge in [-0.25, -0.2) is 0 Å². The SMILES string of the molecule is CCC1CON(CC2CCCC(C3CC(CNC(C)=O)CC(C(=O)NC(CC4CCCCC4)CN(C)C)C3)C2OC)C1. The number of methoxy groups -OCH3 is 1. The van der Waals surface area contributed by atoms with E-state index >= 15 is 0 Å². The third kappa shape index (κ3) is 9.90. The second-order valence-electron chi connectivity index (χ2n) is 14.6. The number of likely N-dealkylation sites (N-methyl/N-ethyl adjacent to an activating group) is 1.